The first kappa shape index (κ1) is 14.6. The zero-order chi connectivity index (χ0) is 15.5. The molecule has 4 nitrogen and oxygen atoms in total. The molecule has 0 radical (unpaired) electrons. The second kappa shape index (κ2) is 6.20. The maximum Gasteiger partial charge on any atom is 0.230 e. The van der Waals surface area contributed by atoms with Gasteiger partial charge in [0.2, 0.25) is 5.91 Å². The molecule has 0 fully saturated rings. The van der Waals surface area contributed by atoms with Gasteiger partial charge in [0, 0.05) is 18.5 Å². The Labute approximate surface area is 128 Å². The molecule has 0 aliphatic rings. The van der Waals surface area contributed by atoms with Gasteiger partial charge in [-0.15, -0.1) is 0 Å². The maximum absolute atomic E-state index is 12.2. The number of aliphatic hydroxyl groups is 1. The summed E-state index contributed by atoms with van der Waals surface area (Å²) < 4.78 is 5.81. The van der Waals surface area contributed by atoms with Gasteiger partial charge in [-0.05, 0) is 29.8 Å². The molecule has 1 aromatic heterocycles. The minimum Gasteiger partial charge on any atom is -0.461 e. The van der Waals surface area contributed by atoms with Crippen LogP contribution in [0.15, 0.2) is 46.9 Å². The summed E-state index contributed by atoms with van der Waals surface area (Å²) in [5.74, 6) is 0.632. The second-order valence-corrected chi connectivity index (χ2v) is 5.29. The van der Waals surface area contributed by atoms with Crippen LogP contribution in [-0.2, 0) is 11.2 Å². The lowest BCUT2D eigenvalue weighted by Crippen LogP contribution is -2.34. The lowest BCUT2D eigenvalue weighted by molar-refractivity contribution is -0.131. The summed E-state index contributed by atoms with van der Waals surface area (Å²) in [6.07, 6.45) is 0.219. The first-order valence-corrected chi connectivity index (χ1v) is 7.51. The zero-order valence-electron chi connectivity index (χ0n) is 12.6. The maximum atomic E-state index is 12.2. The van der Waals surface area contributed by atoms with Crippen molar-refractivity contribution in [2.75, 3.05) is 19.7 Å². The monoisotopic (exact) mass is 297 g/mol. The number of fused-ring (bicyclic) bond motifs is 3. The van der Waals surface area contributed by atoms with E-state index in [0.29, 0.717) is 18.8 Å². The summed E-state index contributed by atoms with van der Waals surface area (Å²) in [6, 6.07) is 14.0. The topological polar surface area (TPSA) is 53.7 Å². The molecule has 0 bridgehead atoms. The average molecular weight is 297 g/mol. The molecule has 22 heavy (non-hydrogen) atoms. The first-order valence-electron chi connectivity index (χ1n) is 7.51. The van der Waals surface area contributed by atoms with E-state index in [2.05, 4.69) is 12.1 Å². The predicted molar refractivity (Wildman–Crippen MR) is 86.8 cm³/mol. The van der Waals surface area contributed by atoms with Gasteiger partial charge in [-0.3, -0.25) is 4.79 Å². The van der Waals surface area contributed by atoms with E-state index < -0.39 is 0 Å². The molecule has 0 aliphatic heterocycles. The number of aliphatic hydroxyl groups excluding tert-OH is 1. The minimum absolute atomic E-state index is 0.0235. The van der Waals surface area contributed by atoms with Crippen molar-refractivity contribution < 1.29 is 14.3 Å². The Hall–Kier alpha value is -2.33. The molecule has 0 saturated heterocycles. The highest BCUT2D eigenvalue weighted by atomic mass is 16.3. The summed E-state index contributed by atoms with van der Waals surface area (Å²) in [4.78, 5) is 13.9. The van der Waals surface area contributed by atoms with Crippen LogP contribution >= 0.6 is 0 Å². The number of carbonyl (C=O) groups is 1. The van der Waals surface area contributed by atoms with Crippen molar-refractivity contribution in [2.24, 2.45) is 0 Å². The number of amides is 1. The van der Waals surface area contributed by atoms with Crippen molar-refractivity contribution in [1.29, 1.82) is 0 Å². The molecule has 0 unspecified atom stereocenters. The quantitative estimate of drug-likeness (QED) is 0.787. The SMILES string of the molecule is CCN(CCO)C(=O)Cc1cc2c(ccc3ccccc32)o1. The van der Waals surface area contributed by atoms with E-state index in [0.717, 1.165) is 21.7 Å². The van der Waals surface area contributed by atoms with Gasteiger partial charge in [0.15, 0.2) is 0 Å². The summed E-state index contributed by atoms with van der Waals surface area (Å²) >= 11 is 0. The number of likely N-dealkylation sites (N-methyl/N-ethyl adjacent to an activating group) is 1. The normalized spacial score (nSPS) is 11.2. The van der Waals surface area contributed by atoms with Crippen molar-refractivity contribution in [1.82, 2.24) is 4.90 Å². The number of benzene rings is 2. The molecule has 1 heterocycles. The van der Waals surface area contributed by atoms with Gasteiger partial charge < -0.3 is 14.4 Å². The van der Waals surface area contributed by atoms with Crippen LogP contribution in [0.5, 0.6) is 0 Å². The van der Waals surface area contributed by atoms with Gasteiger partial charge in [0.25, 0.3) is 0 Å². The molecule has 3 aromatic rings. The fourth-order valence-corrected chi connectivity index (χ4v) is 2.77. The Bertz CT molecular complexity index is 806. The smallest absolute Gasteiger partial charge is 0.230 e. The fourth-order valence-electron chi connectivity index (χ4n) is 2.77. The van der Waals surface area contributed by atoms with E-state index in [1.807, 2.05) is 37.3 Å². The Morgan fingerprint density at radius 2 is 2.00 bits per heavy atom. The van der Waals surface area contributed by atoms with Crippen molar-refractivity contribution in [3.8, 4) is 0 Å². The molecule has 0 saturated carbocycles. The third-order valence-corrected chi connectivity index (χ3v) is 3.91. The summed E-state index contributed by atoms with van der Waals surface area (Å²) in [7, 11) is 0. The molecular formula is C18H19NO3. The van der Waals surface area contributed by atoms with Gasteiger partial charge in [0.05, 0.1) is 13.0 Å². The fraction of sp³-hybridized carbons (Fsp3) is 0.278. The van der Waals surface area contributed by atoms with E-state index in [1.54, 1.807) is 4.90 Å². The molecule has 0 atom stereocenters. The molecule has 3 rings (SSSR count). The van der Waals surface area contributed by atoms with Gasteiger partial charge in [0.1, 0.15) is 11.3 Å². The number of hydrogen-bond acceptors (Lipinski definition) is 3. The molecule has 1 amide bonds. The van der Waals surface area contributed by atoms with Gasteiger partial charge in [-0.1, -0.05) is 30.3 Å². The summed E-state index contributed by atoms with van der Waals surface area (Å²) in [5.41, 5.74) is 0.798. The zero-order valence-corrected chi connectivity index (χ0v) is 12.6. The van der Waals surface area contributed by atoms with Crippen LogP contribution in [0, 0.1) is 0 Å². The van der Waals surface area contributed by atoms with Crippen molar-refractivity contribution in [2.45, 2.75) is 13.3 Å². The van der Waals surface area contributed by atoms with Crippen LogP contribution in [0.3, 0.4) is 0 Å². The Morgan fingerprint density at radius 1 is 1.18 bits per heavy atom. The molecule has 2 aromatic carbocycles. The molecule has 4 heteroatoms. The summed E-state index contributed by atoms with van der Waals surface area (Å²) in [6.45, 7) is 2.82. The van der Waals surface area contributed by atoms with Gasteiger partial charge >= 0.3 is 0 Å². The second-order valence-electron chi connectivity index (χ2n) is 5.29. The lowest BCUT2D eigenvalue weighted by Gasteiger charge is -2.18. The largest absolute Gasteiger partial charge is 0.461 e. The first-order chi connectivity index (χ1) is 10.7. The number of hydrogen-bond donors (Lipinski definition) is 1. The highest BCUT2D eigenvalue weighted by Crippen LogP contribution is 2.28. The molecule has 0 spiro atoms. The van der Waals surface area contributed by atoms with E-state index in [4.69, 9.17) is 9.52 Å². The van der Waals surface area contributed by atoms with Crippen LogP contribution in [0.25, 0.3) is 21.7 Å². The Kier molecular flexibility index (Phi) is 4.11. The third-order valence-electron chi connectivity index (χ3n) is 3.91. The summed E-state index contributed by atoms with van der Waals surface area (Å²) in [5, 5.41) is 12.3. The number of nitrogens with zero attached hydrogens (tertiary/aromatic N) is 1. The highest BCUT2D eigenvalue weighted by molar-refractivity contribution is 6.06. The molecule has 0 aliphatic carbocycles. The lowest BCUT2D eigenvalue weighted by atomic mass is 10.1. The van der Waals surface area contributed by atoms with Crippen LogP contribution in [0.2, 0.25) is 0 Å². The van der Waals surface area contributed by atoms with Crippen LogP contribution < -0.4 is 0 Å². The number of rotatable bonds is 5. The predicted octanol–water partition coefficient (Wildman–Crippen LogP) is 2.97. The Morgan fingerprint density at radius 3 is 2.77 bits per heavy atom. The highest BCUT2D eigenvalue weighted by Gasteiger charge is 2.15. The molecule has 114 valence electrons. The molecular weight excluding hydrogens is 278 g/mol. The van der Waals surface area contributed by atoms with E-state index in [9.17, 15) is 4.79 Å². The molecule has 1 N–H and O–H groups in total. The van der Waals surface area contributed by atoms with Crippen LogP contribution in [0.1, 0.15) is 12.7 Å². The number of furan rings is 1. The standard InChI is InChI=1S/C18H19NO3/c1-2-19(9-10-20)18(21)12-14-11-16-15-6-4-3-5-13(15)7-8-17(16)22-14/h3-8,11,20H,2,9-10,12H2,1H3. The Balaban J connectivity index is 1.92. The van der Waals surface area contributed by atoms with Crippen molar-refractivity contribution in [3.05, 3.63) is 48.2 Å². The van der Waals surface area contributed by atoms with E-state index >= 15 is 0 Å². The van der Waals surface area contributed by atoms with E-state index in [1.165, 1.54) is 0 Å². The number of carbonyl (C=O) groups excluding carboxylic acids is 1. The van der Waals surface area contributed by atoms with Crippen LogP contribution in [-0.4, -0.2) is 35.6 Å². The third kappa shape index (κ3) is 2.70. The van der Waals surface area contributed by atoms with Crippen molar-refractivity contribution in [3.63, 3.8) is 0 Å². The average Bonchev–Trinajstić information content (AvgIpc) is 2.95. The van der Waals surface area contributed by atoms with Crippen molar-refractivity contribution >= 4 is 27.6 Å². The minimum atomic E-state index is -0.0279. The van der Waals surface area contributed by atoms with E-state index in [-0.39, 0.29) is 18.9 Å². The van der Waals surface area contributed by atoms with Crippen LogP contribution in [0.4, 0.5) is 0 Å². The van der Waals surface area contributed by atoms with Gasteiger partial charge in [-0.25, -0.2) is 0 Å². The van der Waals surface area contributed by atoms with Gasteiger partial charge in [-0.2, -0.15) is 0 Å².